The van der Waals surface area contributed by atoms with Crippen molar-refractivity contribution in [3.63, 3.8) is 0 Å². The Morgan fingerprint density at radius 3 is 2.66 bits per heavy atom. The van der Waals surface area contributed by atoms with Gasteiger partial charge < -0.3 is 10.1 Å². The Kier molecular flexibility index (Phi) is 6.17. The first kappa shape index (κ1) is 19.5. The first-order valence-electron chi connectivity index (χ1n) is 10.2. The molecule has 29 heavy (non-hydrogen) atoms. The Hall–Kier alpha value is -2.77. The molecule has 3 heterocycles. The third kappa shape index (κ3) is 5.19. The van der Waals surface area contributed by atoms with Crippen LogP contribution in [0.4, 0.5) is 0 Å². The average molecular weight is 393 g/mol. The topological polar surface area (TPSA) is 87.0 Å². The van der Waals surface area contributed by atoms with Crippen molar-refractivity contribution in [2.24, 2.45) is 5.92 Å². The Balaban J connectivity index is 1.41. The number of benzene rings is 1. The van der Waals surface area contributed by atoms with Crippen molar-refractivity contribution in [3.8, 4) is 11.4 Å². The third-order valence-corrected chi connectivity index (χ3v) is 5.55. The van der Waals surface area contributed by atoms with Crippen LogP contribution in [0.25, 0.3) is 11.4 Å². The van der Waals surface area contributed by atoms with E-state index in [2.05, 4.69) is 32.1 Å². The molecule has 152 valence electrons. The van der Waals surface area contributed by atoms with Gasteiger partial charge in [0.2, 0.25) is 0 Å². The van der Waals surface area contributed by atoms with Crippen molar-refractivity contribution in [2.75, 3.05) is 19.7 Å². The summed E-state index contributed by atoms with van der Waals surface area (Å²) in [6.45, 7) is 3.95. The van der Waals surface area contributed by atoms with E-state index in [4.69, 9.17) is 0 Å². The summed E-state index contributed by atoms with van der Waals surface area (Å²) in [4.78, 5) is 22.0. The fraction of sp³-hybridized carbons (Fsp3) is 0.409. The molecule has 0 aliphatic carbocycles. The van der Waals surface area contributed by atoms with Crippen LogP contribution in [0.5, 0.6) is 0 Å². The fourth-order valence-electron chi connectivity index (χ4n) is 3.79. The van der Waals surface area contributed by atoms with Gasteiger partial charge in [0.15, 0.2) is 0 Å². The number of nitrogens with one attached hydrogen (secondary N) is 1. The maximum atomic E-state index is 12.1. The highest BCUT2D eigenvalue weighted by Crippen LogP contribution is 2.20. The highest BCUT2D eigenvalue weighted by atomic mass is 16.3. The van der Waals surface area contributed by atoms with Crippen LogP contribution >= 0.6 is 0 Å². The summed E-state index contributed by atoms with van der Waals surface area (Å²) in [5.74, 6) is 1.06. The van der Waals surface area contributed by atoms with Gasteiger partial charge in [-0.1, -0.05) is 24.3 Å². The Morgan fingerprint density at radius 2 is 1.97 bits per heavy atom. The zero-order chi connectivity index (χ0) is 20.1. The van der Waals surface area contributed by atoms with Gasteiger partial charge >= 0.3 is 0 Å². The first-order chi connectivity index (χ1) is 14.2. The van der Waals surface area contributed by atoms with Crippen molar-refractivity contribution >= 4 is 0 Å². The van der Waals surface area contributed by atoms with Gasteiger partial charge in [-0.05, 0) is 43.5 Å². The molecule has 0 saturated carbocycles. The summed E-state index contributed by atoms with van der Waals surface area (Å²) in [6.07, 6.45) is 6.42. The van der Waals surface area contributed by atoms with Crippen LogP contribution in [0.3, 0.4) is 0 Å². The van der Waals surface area contributed by atoms with E-state index in [0.717, 1.165) is 43.7 Å². The van der Waals surface area contributed by atoms with Crippen LogP contribution in [0.2, 0.25) is 0 Å². The van der Waals surface area contributed by atoms with E-state index in [9.17, 15) is 9.90 Å². The number of aliphatic hydroxyl groups is 1. The van der Waals surface area contributed by atoms with E-state index in [-0.39, 0.29) is 5.56 Å². The predicted molar refractivity (Wildman–Crippen MR) is 111 cm³/mol. The predicted octanol–water partition coefficient (Wildman–Crippen LogP) is 2.08. The molecule has 0 amide bonds. The smallest absolute Gasteiger partial charge is 0.251 e. The second-order valence-electron chi connectivity index (χ2n) is 7.70. The largest absolute Gasteiger partial charge is 0.396 e. The van der Waals surface area contributed by atoms with E-state index in [1.54, 1.807) is 12.3 Å². The molecule has 1 aromatic carbocycles. The van der Waals surface area contributed by atoms with Crippen molar-refractivity contribution in [2.45, 2.75) is 32.4 Å². The van der Waals surface area contributed by atoms with Crippen molar-refractivity contribution in [3.05, 3.63) is 70.4 Å². The third-order valence-electron chi connectivity index (χ3n) is 5.55. The number of aromatic amines is 1. The van der Waals surface area contributed by atoms with Gasteiger partial charge in [-0.25, -0.2) is 4.98 Å². The van der Waals surface area contributed by atoms with E-state index in [1.165, 1.54) is 5.56 Å². The van der Waals surface area contributed by atoms with Gasteiger partial charge in [-0.2, -0.15) is 5.10 Å². The minimum atomic E-state index is -0.138. The van der Waals surface area contributed by atoms with Crippen molar-refractivity contribution < 1.29 is 5.11 Å². The molecular formula is C22H27N5O2. The molecule has 0 spiro atoms. The summed E-state index contributed by atoms with van der Waals surface area (Å²) >= 11 is 0. The Labute approximate surface area is 170 Å². The van der Waals surface area contributed by atoms with Gasteiger partial charge in [0.25, 0.3) is 5.56 Å². The number of rotatable bonds is 7. The van der Waals surface area contributed by atoms with Crippen molar-refractivity contribution in [1.82, 2.24) is 24.6 Å². The number of nitrogens with zero attached hydrogens (tertiary/aromatic N) is 4. The second-order valence-corrected chi connectivity index (χ2v) is 7.70. The zero-order valence-electron chi connectivity index (χ0n) is 16.5. The molecule has 1 aliphatic rings. The van der Waals surface area contributed by atoms with E-state index >= 15 is 0 Å². The molecule has 3 aromatic rings. The number of piperidine rings is 1. The van der Waals surface area contributed by atoms with Gasteiger partial charge in [0, 0.05) is 50.1 Å². The summed E-state index contributed by atoms with van der Waals surface area (Å²) < 4.78 is 1.83. The number of hydrogen-bond acceptors (Lipinski definition) is 5. The molecule has 4 rings (SSSR count). The monoisotopic (exact) mass is 393 g/mol. The summed E-state index contributed by atoms with van der Waals surface area (Å²) in [6, 6.07) is 11.7. The number of H-pyrrole nitrogens is 1. The fourth-order valence-corrected chi connectivity index (χ4v) is 3.79. The summed E-state index contributed by atoms with van der Waals surface area (Å²) in [7, 11) is 0. The van der Waals surface area contributed by atoms with Crippen LogP contribution in [0.15, 0.2) is 53.6 Å². The van der Waals surface area contributed by atoms with E-state index < -0.39 is 0 Å². The number of likely N-dealkylation sites (tertiary alicyclic amines) is 1. The van der Waals surface area contributed by atoms with Crippen molar-refractivity contribution in [1.29, 1.82) is 0 Å². The highest BCUT2D eigenvalue weighted by molar-refractivity contribution is 5.55. The van der Waals surface area contributed by atoms with Crippen LogP contribution in [-0.4, -0.2) is 49.5 Å². The van der Waals surface area contributed by atoms with Crippen LogP contribution in [0.1, 0.15) is 24.1 Å². The number of aliphatic hydroxyl groups excluding tert-OH is 1. The summed E-state index contributed by atoms with van der Waals surface area (Å²) in [5.41, 5.74) is 2.77. The minimum Gasteiger partial charge on any atom is -0.396 e. The van der Waals surface area contributed by atoms with Crippen LogP contribution in [0, 0.1) is 5.92 Å². The molecule has 1 saturated heterocycles. The Bertz CT molecular complexity index is 958. The van der Waals surface area contributed by atoms with Crippen LogP contribution < -0.4 is 5.56 Å². The lowest BCUT2D eigenvalue weighted by Crippen LogP contribution is -2.34. The molecule has 0 atom stereocenters. The maximum Gasteiger partial charge on any atom is 0.251 e. The lowest BCUT2D eigenvalue weighted by atomic mass is 9.97. The molecule has 1 aliphatic heterocycles. The summed E-state index contributed by atoms with van der Waals surface area (Å²) in [5, 5.41) is 13.5. The molecule has 0 bridgehead atoms. The maximum absolute atomic E-state index is 12.1. The zero-order valence-corrected chi connectivity index (χ0v) is 16.5. The molecule has 2 N–H and O–H groups in total. The SMILES string of the molecule is O=c1cc(CCn2cccn2)nc(-c2ccc(CN3CCC(CO)CC3)cc2)[nH]1. The number of hydrogen-bond donors (Lipinski definition) is 2. The normalized spacial score (nSPS) is 15.6. The Morgan fingerprint density at radius 1 is 1.17 bits per heavy atom. The molecule has 1 fully saturated rings. The lowest BCUT2D eigenvalue weighted by molar-refractivity contribution is 0.127. The average Bonchev–Trinajstić information content (AvgIpc) is 3.27. The number of aromatic nitrogens is 4. The van der Waals surface area contributed by atoms with Gasteiger partial charge in [0.05, 0.1) is 5.69 Å². The molecule has 0 radical (unpaired) electrons. The minimum absolute atomic E-state index is 0.138. The molecular weight excluding hydrogens is 366 g/mol. The quantitative estimate of drug-likeness (QED) is 0.642. The molecule has 0 unspecified atom stereocenters. The van der Waals surface area contributed by atoms with E-state index in [0.29, 0.717) is 31.3 Å². The van der Waals surface area contributed by atoms with E-state index in [1.807, 2.05) is 29.1 Å². The molecule has 2 aromatic heterocycles. The standard InChI is InChI=1S/C22H27N5O2/c28-16-18-6-11-26(12-7-18)15-17-2-4-19(5-3-17)22-24-20(14-21(29)25-22)8-13-27-10-1-9-23-27/h1-5,9-10,14,18,28H,6-8,11-13,15-16H2,(H,24,25,29). The van der Waals surface area contributed by atoms with Gasteiger partial charge in [0.1, 0.15) is 5.82 Å². The molecule has 7 heteroatoms. The van der Waals surface area contributed by atoms with Gasteiger partial charge in [-0.15, -0.1) is 0 Å². The van der Waals surface area contributed by atoms with Gasteiger partial charge in [-0.3, -0.25) is 14.4 Å². The first-order valence-corrected chi connectivity index (χ1v) is 10.2. The number of aryl methyl sites for hydroxylation is 2. The van der Waals surface area contributed by atoms with Crippen LogP contribution in [-0.2, 0) is 19.5 Å². The highest BCUT2D eigenvalue weighted by Gasteiger charge is 2.18. The second kappa shape index (κ2) is 9.15. The molecule has 7 nitrogen and oxygen atoms in total. The lowest BCUT2D eigenvalue weighted by Gasteiger charge is -2.31.